The van der Waals surface area contributed by atoms with E-state index in [9.17, 15) is 8.78 Å². The maximum absolute atomic E-state index is 13.4. The van der Waals surface area contributed by atoms with Crippen LogP contribution in [0.1, 0.15) is 19.3 Å². The first-order valence-corrected chi connectivity index (χ1v) is 6.26. The third-order valence-electron chi connectivity index (χ3n) is 3.12. The molecular weight excluding hydrogens is 238 g/mol. The molecule has 0 unspecified atom stereocenters. The second-order valence-electron chi connectivity index (χ2n) is 4.56. The van der Waals surface area contributed by atoms with Crippen LogP contribution in [0.2, 0.25) is 0 Å². The van der Waals surface area contributed by atoms with Crippen molar-refractivity contribution in [2.75, 3.05) is 32.0 Å². The SMILES string of the molecule is Nc1cc(F)c(OCCN2CCCCC2)c(F)c1. The molecule has 1 saturated heterocycles. The number of nitrogens with zero attached hydrogens (tertiary/aromatic N) is 1. The predicted octanol–water partition coefficient (Wildman–Crippen LogP) is 2.41. The molecule has 1 fully saturated rings. The van der Waals surface area contributed by atoms with E-state index in [2.05, 4.69) is 4.90 Å². The van der Waals surface area contributed by atoms with Gasteiger partial charge in [0, 0.05) is 24.4 Å². The van der Waals surface area contributed by atoms with Crippen LogP contribution in [0.25, 0.3) is 0 Å². The predicted molar refractivity (Wildman–Crippen MR) is 66.6 cm³/mol. The van der Waals surface area contributed by atoms with Gasteiger partial charge in [-0.3, -0.25) is 4.90 Å². The Hall–Kier alpha value is -1.36. The molecule has 1 aliphatic heterocycles. The van der Waals surface area contributed by atoms with Gasteiger partial charge < -0.3 is 10.5 Å². The highest BCUT2D eigenvalue weighted by Crippen LogP contribution is 2.24. The van der Waals surface area contributed by atoms with Gasteiger partial charge in [0.1, 0.15) is 6.61 Å². The zero-order chi connectivity index (χ0) is 13.0. The van der Waals surface area contributed by atoms with Crippen molar-refractivity contribution in [2.45, 2.75) is 19.3 Å². The molecule has 1 heterocycles. The molecule has 3 nitrogen and oxygen atoms in total. The van der Waals surface area contributed by atoms with Crippen molar-refractivity contribution in [3.05, 3.63) is 23.8 Å². The normalized spacial score (nSPS) is 16.8. The Morgan fingerprint density at radius 3 is 2.33 bits per heavy atom. The van der Waals surface area contributed by atoms with E-state index in [0.717, 1.165) is 25.2 Å². The topological polar surface area (TPSA) is 38.5 Å². The molecule has 100 valence electrons. The number of halogens is 2. The van der Waals surface area contributed by atoms with E-state index < -0.39 is 11.6 Å². The van der Waals surface area contributed by atoms with E-state index in [1.807, 2.05) is 0 Å². The fourth-order valence-corrected chi connectivity index (χ4v) is 2.18. The van der Waals surface area contributed by atoms with Gasteiger partial charge in [-0.05, 0) is 25.9 Å². The van der Waals surface area contributed by atoms with Crippen LogP contribution in [0, 0.1) is 11.6 Å². The van der Waals surface area contributed by atoms with Gasteiger partial charge >= 0.3 is 0 Å². The molecule has 0 saturated carbocycles. The molecule has 0 amide bonds. The molecule has 1 aromatic rings. The van der Waals surface area contributed by atoms with Crippen molar-refractivity contribution in [2.24, 2.45) is 0 Å². The van der Waals surface area contributed by atoms with Crippen LogP contribution >= 0.6 is 0 Å². The number of nitrogens with two attached hydrogens (primary N) is 1. The van der Waals surface area contributed by atoms with E-state index in [1.54, 1.807) is 0 Å². The van der Waals surface area contributed by atoms with Crippen LogP contribution < -0.4 is 10.5 Å². The highest BCUT2D eigenvalue weighted by atomic mass is 19.1. The van der Waals surface area contributed by atoms with Gasteiger partial charge in [-0.2, -0.15) is 0 Å². The fourth-order valence-electron chi connectivity index (χ4n) is 2.18. The molecule has 0 aliphatic carbocycles. The summed E-state index contributed by atoms with van der Waals surface area (Å²) in [7, 11) is 0. The van der Waals surface area contributed by atoms with E-state index in [0.29, 0.717) is 6.54 Å². The van der Waals surface area contributed by atoms with Crippen LogP contribution in [0.15, 0.2) is 12.1 Å². The molecule has 0 aromatic heterocycles. The lowest BCUT2D eigenvalue weighted by Gasteiger charge is -2.26. The Morgan fingerprint density at radius 1 is 1.11 bits per heavy atom. The molecule has 0 spiro atoms. The summed E-state index contributed by atoms with van der Waals surface area (Å²) in [5, 5.41) is 0. The molecule has 18 heavy (non-hydrogen) atoms. The molecule has 2 rings (SSSR count). The van der Waals surface area contributed by atoms with Crippen LogP contribution in [0.3, 0.4) is 0 Å². The van der Waals surface area contributed by atoms with Crippen molar-refractivity contribution < 1.29 is 13.5 Å². The van der Waals surface area contributed by atoms with Crippen molar-refractivity contribution in [1.82, 2.24) is 4.90 Å². The monoisotopic (exact) mass is 256 g/mol. The summed E-state index contributed by atoms with van der Waals surface area (Å²) in [6, 6.07) is 2.14. The third-order valence-corrected chi connectivity index (χ3v) is 3.12. The number of likely N-dealkylation sites (tertiary alicyclic amines) is 1. The zero-order valence-corrected chi connectivity index (χ0v) is 10.3. The summed E-state index contributed by atoms with van der Waals surface area (Å²) in [5.74, 6) is -1.82. The number of hydrogen-bond donors (Lipinski definition) is 1. The first kappa shape index (κ1) is 13.1. The van der Waals surface area contributed by atoms with Crippen molar-refractivity contribution in [3.8, 4) is 5.75 Å². The largest absolute Gasteiger partial charge is 0.486 e. The van der Waals surface area contributed by atoms with E-state index >= 15 is 0 Å². The number of rotatable bonds is 4. The summed E-state index contributed by atoms with van der Waals surface area (Å²) >= 11 is 0. The number of benzene rings is 1. The maximum atomic E-state index is 13.4. The Morgan fingerprint density at radius 2 is 1.72 bits per heavy atom. The Bertz CT molecular complexity index is 383. The highest BCUT2D eigenvalue weighted by molar-refractivity contribution is 5.44. The van der Waals surface area contributed by atoms with Crippen LogP contribution in [-0.4, -0.2) is 31.1 Å². The molecule has 0 bridgehead atoms. The van der Waals surface area contributed by atoms with Crippen LogP contribution in [0.5, 0.6) is 5.75 Å². The smallest absolute Gasteiger partial charge is 0.190 e. The molecule has 1 aromatic carbocycles. The summed E-state index contributed by atoms with van der Waals surface area (Å²) < 4.78 is 32.0. The van der Waals surface area contributed by atoms with Crippen molar-refractivity contribution >= 4 is 5.69 Å². The van der Waals surface area contributed by atoms with Gasteiger partial charge in [0.2, 0.25) is 0 Å². The summed E-state index contributed by atoms with van der Waals surface area (Å²) in [4.78, 5) is 2.25. The van der Waals surface area contributed by atoms with Gasteiger partial charge in [-0.15, -0.1) is 0 Å². The minimum atomic E-state index is -0.744. The first-order chi connectivity index (χ1) is 8.66. The van der Waals surface area contributed by atoms with Gasteiger partial charge in [0.15, 0.2) is 17.4 Å². The van der Waals surface area contributed by atoms with Crippen molar-refractivity contribution in [3.63, 3.8) is 0 Å². The minimum absolute atomic E-state index is 0.0633. The molecule has 0 radical (unpaired) electrons. The summed E-state index contributed by atoms with van der Waals surface area (Å²) in [5.41, 5.74) is 5.39. The fraction of sp³-hybridized carbons (Fsp3) is 0.538. The van der Waals surface area contributed by atoms with E-state index in [4.69, 9.17) is 10.5 Å². The molecule has 0 atom stereocenters. The molecule has 1 aliphatic rings. The molecule has 5 heteroatoms. The number of hydrogen-bond acceptors (Lipinski definition) is 3. The van der Waals surface area contributed by atoms with E-state index in [-0.39, 0.29) is 18.0 Å². The van der Waals surface area contributed by atoms with Gasteiger partial charge in [0.25, 0.3) is 0 Å². The summed E-state index contributed by atoms with van der Waals surface area (Å²) in [6.45, 7) is 3.06. The molecule has 2 N–H and O–H groups in total. The maximum Gasteiger partial charge on any atom is 0.190 e. The standard InChI is InChI=1S/C13H18F2N2O/c14-11-8-10(16)9-12(15)13(11)18-7-6-17-4-2-1-3-5-17/h8-9H,1-7,16H2. The van der Waals surface area contributed by atoms with Crippen LogP contribution in [0.4, 0.5) is 14.5 Å². The molecular formula is C13H18F2N2O. The Labute approximate surface area is 106 Å². The second kappa shape index (κ2) is 6.00. The number of nitrogen functional groups attached to an aromatic ring is 1. The minimum Gasteiger partial charge on any atom is -0.486 e. The van der Waals surface area contributed by atoms with Gasteiger partial charge in [0.05, 0.1) is 0 Å². The zero-order valence-electron chi connectivity index (χ0n) is 10.3. The number of anilines is 1. The first-order valence-electron chi connectivity index (χ1n) is 6.26. The number of piperidine rings is 1. The van der Waals surface area contributed by atoms with Crippen molar-refractivity contribution in [1.29, 1.82) is 0 Å². The lowest BCUT2D eigenvalue weighted by atomic mass is 10.1. The third kappa shape index (κ3) is 3.32. The van der Waals surface area contributed by atoms with E-state index in [1.165, 1.54) is 19.3 Å². The lowest BCUT2D eigenvalue weighted by molar-refractivity contribution is 0.177. The average Bonchev–Trinajstić information content (AvgIpc) is 2.34. The number of ether oxygens (including phenoxy) is 1. The highest BCUT2D eigenvalue weighted by Gasteiger charge is 2.13. The Kier molecular flexibility index (Phi) is 4.36. The van der Waals surface area contributed by atoms with Gasteiger partial charge in [-0.1, -0.05) is 6.42 Å². The second-order valence-corrected chi connectivity index (χ2v) is 4.56. The summed E-state index contributed by atoms with van der Waals surface area (Å²) in [6.07, 6.45) is 3.63. The average molecular weight is 256 g/mol. The Balaban J connectivity index is 1.86. The van der Waals surface area contributed by atoms with Gasteiger partial charge in [-0.25, -0.2) is 8.78 Å². The van der Waals surface area contributed by atoms with Crippen LogP contribution in [-0.2, 0) is 0 Å². The quantitative estimate of drug-likeness (QED) is 0.841. The lowest BCUT2D eigenvalue weighted by Crippen LogP contribution is -2.33.